The molecular weight excluding hydrogens is 285 g/mol. The molecule has 7 heteroatoms. The number of hydrogen-bond acceptors (Lipinski definition) is 2. The molecular formula is C11H10ClF3N2S. The monoisotopic (exact) mass is 294 g/mol. The van der Waals surface area contributed by atoms with Crippen LogP contribution < -0.4 is 0 Å². The molecule has 0 N–H and O–H groups in total. The van der Waals surface area contributed by atoms with Gasteiger partial charge in [-0.25, -0.2) is 4.98 Å². The smallest absolute Gasteiger partial charge is 0.329 e. The molecule has 2 rings (SSSR count). The van der Waals surface area contributed by atoms with E-state index in [1.54, 1.807) is 12.4 Å². The second-order valence-corrected chi connectivity index (χ2v) is 4.49. The average molecular weight is 295 g/mol. The molecule has 1 aromatic heterocycles. The molecule has 0 saturated carbocycles. The van der Waals surface area contributed by atoms with E-state index in [4.69, 9.17) is 0 Å². The van der Waals surface area contributed by atoms with Gasteiger partial charge in [-0.3, -0.25) is 0 Å². The highest BCUT2D eigenvalue weighted by Crippen LogP contribution is 2.32. The normalized spacial score (nSPS) is 11.1. The highest BCUT2D eigenvalue weighted by atomic mass is 35.5. The van der Waals surface area contributed by atoms with Crippen molar-refractivity contribution in [2.45, 2.75) is 16.2 Å². The van der Waals surface area contributed by atoms with Gasteiger partial charge >= 0.3 is 6.18 Å². The number of hydrogen-bond donors (Lipinski definition) is 0. The Morgan fingerprint density at radius 3 is 2.22 bits per heavy atom. The summed E-state index contributed by atoms with van der Waals surface area (Å²) in [4.78, 5) is 4.81. The van der Waals surface area contributed by atoms with Gasteiger partial charge in [0.25, 0.3) is 0 Å². The summed E-state index contributed by atoms with van der Waals surface area (Å²) in [6.45, 7) is 0. The second kappa shape index (κ2) is 5.67. The van der Waals surface area contributed by atoms with Crippen LogP contribution in [0.1, 0.15) is 5.56 Å². The van der Waals surface area contributed by atoms with E-state index < -0.39 is 11.7 Å². The molecule has 0 atom stereocenters. The summed E-state index contributed by atoms with van der Waals surface area (Å²) in [6.07, 6.45) is -0.856. The Balaban J connectivity index is 0.00000162. The number of aromatic nitrogens is 2. The minimum absolute atomic E-state index is 0. The van der Waals surface area contributed by atoms with Gasteiger partial charge in [0.05, 0.1) is 5.56 Å². The molecule has 0 aliphatic rings. The Bertz CT molecular complexity index is 508. The third-order valence-corrected chi connectivity index (χ3v) is 3.25. The topological polar surface area (TPSA) is 17.8 Å². The molecule has 98 valence electrons. The van der Waals surface area contributed by atoms with Crippen LogP contribution in [0.3, 0.4) is 0 Å². The lowest BCUT2D eigenvalue weighted by Gasteiger charge is -2.07. The summed E-state index contributed by atoms with van der Waals surface area (Å²) in [5.74, 6) is 0. The predicted molar refractivity (Wildman–Crippen MR) is 66.0 cm³/mol. The predicted octanol–water partition coefficient (Wildman–Crippen LogP) is 4.01. The third-order valence-electron chi connectivity index (χ3n) is 2.17. The van der Waals surface area contributed by atoms with Gasteiger partial charge < -0.3 is 4.57 Å². The van der Waals surface area contributed by atoms with Crippen molar-refractivity contribution >= 4 is 24.2 Å². The molecule has 0 fully saturated rings. The quantitative estimate of drug-likeness (QED) is 0.833. The van der Waals surface area contributed by atoms with Crippen molar-refractivity contribution in [1.82, 2.24) is 9.55 Å². The Morgan fingerprint density at radius 2 is 1.78 bits per heavy atom. The van der Waals surface area contributed by atoms with Crippen LogP contribution in [0, 0.1) is 0 Å². The largest absolute Gasteiger partial charge is 0.416 e. The molecule has 0 aliphatic carbocycles. The zero-order chi connectivity index (χ0) is 12.5. The van der Waals surface area contributed by atoms with Gasteiger partial charge in [-0.2, -0.15) is 13.2 Å². The maximum atomic E-state index is 12.3. The van der Waals surface area contributed by atoms with Crippen molar-refractivity contribution in [2.75, 3.05) is 0 Å². The second-order valence-electron chi connectivity index (χ2n) is 3.44. The van der Waals surface area contributed by atoms with Crippen molar-refractivity contribution in [2.24, 2.45) is 7.05 Å². The zero-order valence-electron chi connectivity index (χ0n) is 9.31. The summed E-state index contributed by atoms with van der Waals surface area (Å²) >= 11 is 1.32. The lowest BCUT2D eigenvalue weighted by Crippen LogP contribution is -2.03. The Morgan fingerprint density at radius 1 is 1.17 bits per heavy atom. The van der Waals surface area contributed by atoms with E-state index in [1.165, 1.54) is 23.9 Å². The number of alkyl halides is 3. The number of nitrogens with zero attached hydrogens (tertiary/aromatic N) is 2. The molecule has 0 unspecified atom stereocenters. The molecule has 2 aromatic rings. The summed E-state index contributed by atoms with van der Waals surface area (Å²) in [5.41, 5.74) is -0.637. The molecule has 0 amide bonds. The van der Waals surface area contributed by atoms with Crippen molar-refractivity contribution in [3.05, 3.63) is 42.2 Å². The molecule has 0 aliphatic heterocycles. The lowest BCUT2D eigenvalue weighted by molar-refractivity contribution is -0.137. The van der Waals surface area contributed by atoms with Crippen LogP contribution in [-0.2, 0) is 13.2 Å². The molecule has 1 heterocycles. The van der Waals surface area contributed by atoms with Crippen molar-refractivity contribution in [1.29, 1.82) is 0 Å². The van der Waals surface area contributed by atoms with E-state index >= 15 is 0 Å². The SMILES string of the molecule is Cl.Cn1ccnc1Sc1ccc(C(F)(F)F)cc1. The van der Waals surface area contributed by atoms with E-state index in [9.17, 15) is 13.2 Å². The number of halogens is 4. The molecule has 0 radical (unpaired) electrons. The Hall–Kier alpha value is -1.14. The number of benzene rings is 1. The van der Waals surface area contributed by atoms with Gasteiger partial charge in [-0.05, 0) is 24.3 Å². The first kappa shape index (κ1) is 14.9. The summed E-state index contributed by atoms with van der Waals surface area (Å²) in [7, 11) is 1.83. The van der Waals surface area contributed by atoms with Crippen LogP contribution in [0.4, 0.5) is 13.2 Å². The van der Waals surface area contributed by atoms with Crippen molar-refractivity contribution in [3.8, 4) is 0 Å². The van der Waals surface area contributed by atoms with Crippen molar-refractivity contribution in [3.63, 3.8) is 0 Å². The summed E-state index contributed by atoms with van der Waals surface area (Å²) < 4.78 is 38.8. The van der Waals surface area contributed by atoms with Crippen LogP contribution in [-0.4, -0.2) is 9.55 Å². The molecule has 2 nitrogen and oxygen atoms in total. The first-order chi connectivity index (χ1) is 7.97. The van der Waals surface area contributed by atoms with E-state index in [1.807, 2.05) is 11.6 Å². The standard InChI is InChI=1S/C11H9F3N2S.ClH/c1-16-7-6-15-10(16)17-9-4-2-8(3-5-9)11(12,13)14;/h2-7H,1H3;1H. The summed E-state index contributed by atoms with van der Waals surface area (Å²) in [6, 6.07) is 5.04. The fraction of sp³-hybridized carbons (Fsp3) is 0.182. The number of imidazole rings is 1. The van der Waals surface area contributed by atoms with Gasteiger partial charge in [0, 0.05) is 24.3 Å². The van der Waals surface area contributed by atoms with E-state index in [-0.39, 0.29) is 12.4 Å². The Labute approximate surface area is 113 Å². The van der Waals surface area contributed by atoms with E-state index in [0.717, 1.165) is 22.2 Å². The van der Waals surface area contributed by atoms with Crippen molar-refractivity contribution < 1.29 is 13.2 Å². The molecule has 0 bridgehead atoms. The van der Waals surface area contributed by atoms with Gasteiger partial charge in [0.15, 0.2) is 5.16 Å². The first-order valence-corrected chi connectivity index (χ1v) is 5.61. The minimum Gasteiger partial charge on any atom is -0.329 e. The van der Waals surface area contributed by atoms with Gasteiger partial charge in [0.2, 0.25) is 0 Å². The number of aryl methyl sites for hydroxylation is 1. The fourth-order valence-corrected chi connectivity index (χ4v) is 2.07. The highest BCUT2D eigenvalue weighted by Gasteiger charge is 2.29. The summed E-state index contributed by atoms with van der Waals surface area (Å²) in [5, 5.41) is 0.741. The van der Waals surface area contributed by atoms with Crippen LogP contribution in [0.25, 0.3) is 0 Å². The van der Waals surface area contributed by atoms with Crippen LogP contribution >= 0.6 is 24.2 Å². The maximum absolute atomic E-state index is 12.3. The average Bonchev–Trinajstić information content (AvgIpc) is 2.64. The lowest BCUT2D eigenvalue weighted by atomic mass is 10.2. The van der Waals surface area contributed by atoms with Crippen LogP contribution in [0.5, 0.6) is 0 Å². The fourth-order valence-electron chi connectivity index (χ4n) is 1.27. The first-order valence-electron chi connectivity index (χ1n) is 4.79. The van der Waals surface area contributed by atoms with Crippen LogP contribution in [0.2, 0.25) is 0 Å². The van der Waals surface area contributed by atoms with E-state index in [2.05, 4.69) is 4.98 Å². The molecule has 0 spiro atoms. The molecule has 18 heavy (non-hydrogen) atoms. The molecule has 1 aromatic carbocycles. The van der Waals surface area contributed by atoms with Gasteiger partial charge in [-0.1, -0.05) is 11.8 Å². The molecule has 0 saturated heterocycles. The highest BCUT2D eigenvalue weighted by molar-refractivity contribution is 7.99. The third kappa shape index (κ3) is 3.43. The van der Waals surface area contributed by atoms with Gasteiger partial charge in [0.1, 0.15) is 0 Å². The van der Waals surface area contributed by atoms with Crippen LogP contribution in [0.15, 0.2) is 46.7 Å². The number of rotatable bonds is 2. The zero-order valence-corrected chi connectivity index (χ0v) is 10.9. The van der Waals surface area contributed by atoms with E-state index in [0.29, 0.717) is 0 Å². The maximum Gasteiger partial charge on any atom is 0.416 e. The Kier molecular flexibility index (Phi) is 4.70. The minimum atomic E-state index is -4.29. The van der Waals surface area contributed by atoms with Gasteiger partial charge in [-0.15, -0.1) is 12.4 Å².